The lowest BCUT2D eigenvalue weighted by atomic mass is 10.2. The molecule has 0 heterocycles. The molecule has 0 fully saturated rings. The average Bonchev–Trinajstić information content (AvgIpc) is 2.29. The summed E-state index contributed by atoms with van der Waals surface area (Å²) in [5.41, 5.74) is 0. The smallest absolute Gasteiger partial charge is 0.236 e. The molecule has 1 amide bonds. The van der Waals surface area contributed by atoms with Gasteiger partial charge < -0.3 is 15.4 Å². The third-order valence-electron chi connectivity index (χ3n) is 2.31. The molecule has 4 heteroatoms. The molecule has 0 aliphatic carbocycles. The van der Waals surface area contributed by atoms with E-state index in [9.17, 15) is 4.79 Å². The summed E-state index contributed by atoms with van der Waals surface area (Å²) >= 11 is 0. The van der Waals surface area contributed by atoms with Gasteiger partial charge in [-0.05, 0) is 32.2 Å². The van der Waals surface area contributed by atoms with Crippen LogP contribution in [0.5, 0.6) is 0 Å². The minimum atomic E-state index is -0.119. The highest BCUT2D eigenvalue weighted by atomic mass is 16.5. The van der Waals surface area contributed by atoms with Crippen LogP contribution in [-0.4, -0.2) is 38.3 Å². The number of nitrogens with one attached hydrogen (secondary N) is 2. The first-order valence-electron chi connectivity index (χ1n) is 6.66. The van der Waals surface area contributed by atoms with Gasteiger partial charge in [0.1, 0.15) is 0 Å². The fourth-order valence-corrected chi connectivity index (χ4v) is 1.31. The molecule has 0 radical (unpaired) electrons. The first kappa shape index (κ1) is 16.4. The third-order valence-corrected chi connectivity index (χ3v) is 2.31. The second-order valence-electron chi connectivity index (χ2n) is 4.79. The van der Waals surface area contributed by atoms with E-state index in [0.717, 1.165) is 39.1 Å². The molecule has 0 aromatic rings. The number of ether oxygens (including phenoxy) is 1. The lowest BCUT2D eigenvalue weighted by molar-refractivity contribution is -0.122. The lowest BCUT2D eigenvalue weighted by Gasteiger charge is -2.13. The van der Waals surface area contributed by atoms with Crippen molar-refractivity contribution in [3.63, 3.8) is 0 Å². The Bertz CT molecular complexity index is 196. The van der Waals surface area contributed by atoms with Crippen molar-refractivity contribution >= 4 is 5.91 Å². The summed E-state index contributed by atoms with van der Waals surface area (Å²) < 4.78 is 5.46. The molecule has 1 unspecified atom stereocenters. The Kier molecular flexibility index (Phi) is 10.2. The van der Waals surface area contributed by atoms with Gasteiger partial charge in [0.05, 0.1) is 6.04 Å². The summed E-state index contributed by atoms with van der Waals surface area (Å²) in [5, 5.41) is 6.05. The Morgan fingerprint density at radius 3 is 2.53 bits per heavy atom. The van der Waals surface area contributed by atoms with E-state index < -0.39 is 0 Å². The van der Waals surface area contributed by atoms with Gasteiger partial charge in [-0.3, -0.25) is 4.79 Å². The van der Waals surface area contributed by atoms with Gasteiger partial charge in [-0.15, -0.1) is 0 Å². The molecule has 0 saturated heterocycles. The second-order valence-corrected chi connectivity index (χ2v) is 4.79. The van der Waals surface area contributed by atoms with Gasteiger partial charge in [-0.2, -0.15) is 0 Å². The minimum absolute atomic E-state index is 0.0787. The molecule has 0 bridgehead atoms. The minimum Gasteiger partial charge on any atom is -0.381 e. The molecule has 0 spiro atoms. The normalized spacial score (nSPS) is 12.8. The van der Waals surface area contributed by atoms with Crippen molar-refractivity contribution in [1.82, 2.24) is 10.6 Å². The molecular formula is C13H28N2O2. The van der Waals surface area contributed by atoms with Crippen LogP contribution in [0.3, 0.4) is 0 Å². The summed E-state index contributed by atoms with van der Waals surface area (Å²) in [4.78, 5) is 11.5. The molecule has 0 aliphatic rings. The maximum atomic E-state index is 11.5. The Morgan fingerprint density at radius 2 is 1.94 bits per heavy atom. The Balaban J connectivity index is 3.38. The van der Waals surface area contributed by atoms with E-state index in [1.807, 2.05) is 13.8 Å². The van der Waals surface area contributed by atoms with Gasteiger partial charge in [-0.1, -0.05) is 20.8 Å². The summed E-state index contributed by atoms with van der Waals surface area (Å²) in [5.74, 6) is 0.664. The second kappa shape index (κ2) is 10.5. The highest BCUT2D eigenvalue weighted by molar-refractivity contribution is 5.81. The van der Waals surface area contributed by atoms with E-state index in [1.165, 1.54) is 0 Å². The van der Waals surface area contributed by atoms with E-state index in [2.05, 4.69) is 24.5 Å². The van der Waals surface area contributed by atoms with E-state index in [-0.39, 0.29) is 11.9 Å². The zero-order valence-corrected chi connectivity index (χ0v) is 11.7. The van der Waals surface area contributed by atoms with Gasteiger partial charge in [-0.25, -0.2) is 0 Å². The fraction of sp³-hybridized carbons (Fsp3) is 0.923. The first-order valence-corrected chi connectivity index (χ1v) is 6.66. The standard InChI is InChI=1S/C13H28N2O2/c1-5-7-15-13(16)12(4)14-8-6-9-17-10-11(2)3/h11-12,14H,5-10H2,1-4H3,(H,15,16). The van der Waals surface area contributed by atoms with Crippen LogP contribution in [0.1, 0.15) is 40.5 Å². The number of hydrogen-bond donors (Lipinski definition) is 2. The van der Waals surface area contributed by atoms with Crippen LogP contribution in [0.15, 0.2) is 0 Å². The summed E-state index contributed by atoms with van der Waals surface area (Å²) in [7, 11) is 0. The van der Waals surface area contributed by atoms with Gasteiger partial charge in [0.25, 0.3) is 0 Å². The Morgan fingerprint density at radius 1 is 1.24 bits per heavy atom. The zero-order valence-electron chi connectivity index (χ0n) is 11.7. The highest BCUT2D eigenvalue weighted by Crippen LogP contribution is 1.93. The van der Waals surface area contributed by atoms with Gasteiger partial charge in [0.2, 0.25) is 5.91 Å². The molecule has 0 aromatic heterocycles. The summed E-state index contributed by atoms with van der Waals surface area (Å²) in [6.45, 7) is 11.4. The van der Waals surface area contributed by atoms with Crippen molar-refractivity contribution in [2.45, 2.75) is 46.6 Å². The molecule has 4 nitrogen and oxygen atoms in total. The Labute approximate surface area is 105 Å². The van der Waals surface area contributed by atoms with Crippen molar-refractivity contribution in [1.29, 1.82) is 0 Å². The molecule has 0 aliphatic heterocycles. The lowest BCUT2D eigenvalue weighted by Crippen LogP contribution is -2.42. The quantitative estimate of drug-likeness (QED) is 0.573. The van der Waals surface area contributed by atoms with Crippen LogP contribution >= 0.6 is 0 Å². The van der Waals surface area contributed by atoms with Gasteiger partial charge >= 0.3 is 0 Å². The van der Waals surface area contributed by atoms with Gasteiger partial charge in [0, 0.05) is 19.8 Å². The molecule has 102 valence electrons. The number of rotatable bonds is 10. The van der Waals surface area contributed by atoms with E-state index in [4.69, 9.17) is 4.74 Å². The maximum Gasteiger partial charge on any atom is 0.236 e. The maximum absolute atomic E-state index is 11.5. The SMILES string of the molecule is CCCNC(=O)C(C)NCCCOCC(C)C. The van der Waals surface area contributed by atoms with Crippen molar-refractivity contribution in [2.75, 3.05) is 26.3 Å². The van der Waals surface area contributed by atoms with E-state index >= 15 is 0 Å². The van der Waals surface area contributed by atoms with Crippen LogP contribution in [0, 0.1) is 5.92 Å². The summed E-state index contributed by atoms with van der Waals surface area (Å²) in [6.07, 6.45) is 1.92. The van der Waals surface area contributed by atoms with Crippen molar-refractivity contribution in [2.24, 2.45) is 5.92 Å². The molecule has 2 N–H and O–H groups in total. The molecule has 0 saturated carbocycles. The zero-order chi connectivity index (χ0) is 13.1. The van der Waals surface area contributed by atoms with E-state index in [0.29, 0.717) is 5.92 Å². The molecule has 0 aromatic carbocycles. The predicted molar refractivity (Wildman–Crippen MR) is 71.0 cm³/mol. The number of carbonyl (C=O) groups excluding carboxylic acids is 1. The topological polar surface area (TPSA) is 50.4 Å². The number of amides is 1. The van der Waals surface area contributed by atoms with E-state index in [1.54, 1.807) is 0 Å². The molecule has 1 atom stereocenters. The van der Waals surface area contributed by atoms with Gasteiger partial charge in [0.15, 0.2) is 0 Å². The third kappa shape index (κ3) is 10.3. The van der Waals surface area contributed by atoms with Crippen LogP contribution in [0.2, 0.25) is 0 Å². The molecular weight excluding hydrogens is 216 g/mol. The average molecular weight is 244 g/mol. The van der Waals surface area contributed by atoms with Crippen molar-refractivity contribution in [3.8, 4) is 0 Å². The van der Waals surface area contributed by atoms with Crippen LogP contribution < -0.4 is 10.6 Å². The largest absolute Gasteiger partial charge is 0.381 e. The van der Waals surface area contributed by atoms with Crippen LogP contribution in [0.25, 0.3) is 0 Å². The predicted octanol–water partition coefficient (Wildman–Crippen LogP) is 1.55. The van der Waals surface area contributed by atoms with Crippen molar-refractivity contribution in [3.05, 3.63) is 0 Å². The molecule has 17 heavy (non-hydrogen) atoms. The van der Waals surface area contributed by atoms with Crippen LogP contribution in [0.4, 0.5) is 0 Å². The van der Waals surface area contributed by atoms with Crippen molar-refractivity contribution < 1.29 is 9.53 Å². The Hall–Kier alpha value is -0.610. The first-order chi connectivity index (χ1) is 8.07. The van der Waals surface area contributed by atoms with Crippen LogP contribution in [-0.2, 0) is 9.53 Å². The number of hydrogen-bond acceptors (Lipinski definition) is 3. The summed E-state index contributed by atoms with van der Waals surface area (Å²) in [6, 6.07) is -0.119. The fourth-order valence-electron chi connectivity index (χ4n) is 1.31. The highest BCUT2D eigenvalue weighted by Gasteiger charge is 2.09. The molecule has 0 rings (SSSR count). The number of carbonyl (C=O) groups is 1. The monoisotopic (exact) mass is 244 g/mol.